The minimum absolute atomic E-state index is 0.545. The normalized spacial score (nSPS) is 13.5. The van der Waals surface area contributed by atoms with Gasteiger partial charge in [0.1, 0.15) is 0 Å². The summed E-state index contributed by atoms with van der Waals surface area (Å²) >= 11 is -4.85. The van der Waals surface area contributed by atoms with E-state index in [0.29, 0.717) is 6.10 Å². The van der Waals surface area contributed by atoms with E-state index in [1.54, 1.807) is 26.6 Å². The third-order valence-corrected chi connectivity index (χ3v) is 66.7. The van der Waals surface area contributed by atoms with Crippen LogP contribution < -0.4 is 0 Å². The van der Waals surface area contributed by atoms with E-state index in [9.17, 15) is 0 Å². The summed E-state index contributed by atoms with van der Waals surface area (Å²) in [6.45, 7) is 17.2. The van der Waals surface area contributed by atoms with E-state index >= 15 is 0 Å². The summed E-state index contributed by atoms with van der Waals surface area (Å²) in [7, 11) is 2.08. The van der Waals surface area contributed by atoms with Crippen molar-refractivity contribution in [1.29, 1.82) is 0 Å². The summed E-state index contributed by atoms with van der Waals surface area (Å²) in [4.78, 5) is 0. The van der Waals surface area contributed by atoms with E-state index in [1.165, 1.54) is 130 Å². The molecule has 1 unspecified atom stereocenters. The van der Waals surface area contributed by atoms with E-state index in [-0.39, 0.29) is 0 Å². The first-order valence-electron chi connectivity index (χ1n) is 18.5. The van der Waals surface area contributed by atoms with E-state index in [0.717, 1.165) is 0 Å². The van der Waals surface area contributed by atoms with Gasteiger partial charge in [-0.2, -0.15) is 0 Å². The molecular weight excluding hydrogens is 686 g/mol. The van der Waals surface area contributed by atoms with Gasteiger partial charge in [-0.25, -0.2) is 0 Å². The summed E-state index contributed by atoms with van der Waals surface area (Å²) in [5, 5.41) is 0. The molecule has 0 saturated carbocycles. The SMILES string of the molecule is CCCCCCCCC(C[CH]([Sn]([CH2]CCC)([CH2]CCC)[CH2]CCC)[Sn]([CH2]CCC)([CH2]CCC)[CH2]CCC)OC. The Morgan fingerprint density at radius 3 is 1.03 bits per heavy atom. The van der Waals surface area contributed by atoms with Gasteiger partial charge in [-0.15, -0.1) is 0 Å². The molecule has 0 aromatic heterocycles. The van der Waals surface area contributed by atoms with Crippen LogP contribution in [0.1, 0.15) is 177 Å². The molecule has 0 aliphatic carbocycles. The predicted octanol–water partition coefficient (Wildman–Crippen LogP) is 13.7. The van der Waals surface area contributed by atoms with Crippen LogP contribution in [0.4, 0.5) is 0 Å². The van der Waals surface area contributed by atoms with Gasteiger partial charge in [0.2, 0.25) is 0 Å². The molecule has 1 nitrogen and oxygen atoms in total. The first kappa shape index (κ1) is 40.6. The molecule has 0 fully saturated rings. The summed E-state index contributed by atoms with van der Waals surface area (Å²) in [6, 6.07) is 0. The molecule has 0 heterocycles. The van der Waals surface area contributed by atoms with Crippen LogP contribution in [0, 0.1) is 0 Å². The van der Waals surface area contributed by atoms with E-state index in [1.807, 2.05) is 0 Å². The van der Waals surface area contributed by atoms with Crippen LogP contribution in [-0.2, 0) is 4.74 Å². The van der Waals surface area contributed by atoms with Gasteiger partial charge >= 0.3 is 260 Å². The fourth-order valence-corrected chi connectivity index (χ4v) is 85.7. The average Bonchev–Trinajstić information content (AvgIpc) is 2.96. The number of methoxy groups -OCH3 is 1. The molecule has 0 saturated heterocycles. The third kappa shape index (κ3) is 16.8. The Kier molecular flexibility index (Phi) is 28.2. The van der Waals surface area contributed by atoms with Crippen LogP contribution in [0.3, 0.4) is 0 Å². The first-order chi connectivity index (χ1) is 19.0. The number of rotatable bonds is 30. The Hall–Kier alpha value is 1.56. The fraction of sp³-hybridized carbons (Fsp3) is 1.00. The van der Waals surface area contributed by atoms with Crippen molar-refractivity contribution in [2.75, 3.05) is 7.11 Å². The van der Waals surface area contributed by atoms with Gasteiger partial charge in [0.15, 0.2) is 0 Å². The van der Waals surface area contributed by atoms with Gasteiger partial charge in [0.25, 0.3) is 0 Å². The van der Waals surface area contributed by atoms with Crippen molar-refractivity contribution < 1.29 is 4.74 Å². The number of unbranched alkanes of at least 4 members (excludes halogenated alkanes) is 11. The number of ether oxygens (including phenoxy) is 1. The van der Waals surface area contributed by atoms with Crippen molar-refractivity contribution in [2.24, 2.45) is 0 Å². The van der Waals surface area contributed by atoms with Crippen molar-refractivity contribution in [3.8, 4) is 0 Å². The Morgan fingerprint density at radius 1 is 0.410 bits per heavy atom. The van der Waals surface area contributed by atoms with Gasteiger partial charge in [0, 0.05) is 0 Å². The van der Waals surface area contributed by atoms with Crippen LogP contribution in [0.5, 0.6) is 0 Å². The van der Waals surface area contributed by atoms with Crippen LogP contribution in [-0.4, -0.2) is 50.0 Å². The number of hydrogen-bond donors (Lipinski definition) is 0. The molecule has 0 aliphatic heterocycles. The summed E-state index contributed by atoms with van der Waals surface area (Å²) in [5.41, 5.74) is 0. The molecule has 236 valence electrons. The van der Waals surface area contributed by atoms with Crippen molar-refractivity contribution >= 4 is 36.8 Å². The van der Waals surface area contributed by atoms with Gasteiger partial charge < -0.3 is 0 Å². The maximum absolute atomic E-state index is 6.49. The molecule has 0 rings (SSSR count). The molecule has 0 aromatic carbocycles. The molecule has 0 N–H and O–H groups in total. The van der Waals surface area contributed by atoms with Crippen molar-refractivity contribution in [1.82, 2.24) is 0 Å². The van der Waals surface area contributed by atoms with E-state index < -0.39 is 36.8 Å². The van der Waals surface area contributed by atoms with Gasteiger partial charge in [0.05, 0.1) is 0 Å². The molecule has 0 bridgehead atoms. The Bertz CT molecular complexity index is 433. The second-order valence-electron chi connectivity index (χ2n) is 13.5. The number of hydrogen-bond acceptors (Lipinski definition) is 1. The second kappa shape index (κ2) is 27.1. The summed E-state index contributed by atoms with van der Waals surface area (Å²) in [6.07, 6.45) is 29.5. The molecule has 3 heteroatoms. The van der Waals surface area contributed by atoms with Crippen molar-refractivity contribution in [3.63, 3.8) is 0 Å². The third-order valence-electron chi connectivity index (χ3n) is 10.4. The maximum atomic E-state index is 6.49. The van der Waals surface area contributed by atoms with Crippen LogP contribution in [0.25, 0.3) is 0 Å². The molecule has 1 atom stereocenters. The van der Waals surface area contributed by atoms with Crippen molar-refractivity contribution in [2.45, 2.75) is 212 Å². The van der Waals surface area contributed by atoms with Crippen LogP contribution >= 0.6 is 0 Å². The van der Waals surface area contributed by atoms with Crippen LogP contribution in [0.2, 0.25) is 28.6 Å². The zero-order valence-corrected chi connectivity index (χ0v) is 34.7. The Morgan fingerprint density at radius 2 is 0.718 bits per heavy atom. The fourth-order valence-electron chi connectivity index (χ4n) is 7.87. The van der Waals surface area contributed by atoms with Gasteiger partial charge in [-0.3, -0.25) is 0 Å². The molecule has 0 aromatic rings. The minimum atomic E-state index is -2.42. The van der Waals surface area contributed by atoms with Crippen molar-refractivity contribution in [3.05, 3.63) is 0 Å². The molecule has 0 spiro atoms. The van der Waals surface area contributed by atoms with Crippen LogP contribution in [0.15, 0.2) is 0 Å². The topological polar surface area (TPSA) is 9.23 Å². The average molecular weight is 764 g/mol. The van der Waals surface area contributed by atoms with E-state index in [2.05, 4.69) is 55.6 Å². The molecule has 0 radical (unpaired) electrons. The Labute approximate surface area is 258 Å². The zero-order valence-electron chi connectivity index (χ0n) is 28.9. The van der Waals surface area contributed by atoms with Gasteiger partial charge in [-0.05, 0) is 0 Å². The quantitative estimate of drug-likeness (QED) is 0.0523. The Balaban J connectivity index is 6.59. The van der Waals surface area contributed by atoms with E-state index in [4.69, 9.17) is 4.74 Å². The monoisotopic (exact) mass is 766 g/mol. The summed E-state index contributed by atoms with van der Waals surface area (Å²) < 4.78 is 18.0. The standard InChI is InChI=1S/C12H24O.6C4H9.2Sn/c1-4-6-7-8-9-10-11-12(5-2)13-3;6*1-3-4-2;;/h2,12H,4-11H2,1,3H3;6*1,3-4H2,2H3;;. The zero-order chi connectivity index (χ0) is 29.2. The molecule has 0 aliphatic rings. The summed E-state index contributed by atoms with van der Waals surface area (Å²) in [5.74, 6) is 0. The predicted molar refractivity (Wildman–Crippen MR) is 187 cm³/mol. The molecule has 39 heavy (non-hydrogen) atoms. The second-order valence-corrected chi connectivity index (χ2v) is 46.3. The first-order valence-corrected chi connectivity index (χ1v) is 33.9. The molecular formula is C36H78OSn2. The molecule has 0 amide bonds. The van der Waals surface area contributed by atoms with Gasteiger partial charge in [-0.1, -0.05) is 0 Å².